The molecule has 0 atom stereocenters. The fraction of sp³-hybridized carbons (Fsp3) is 0.0833. The molecule has 0 fully saturated rings. The number of halogens is 2. The van der Waals surface area contributed by atoms with E-state index < -0.39 is 17.6 Å². The van der Waals surface area contributed by atoms with E-state index in [2.05, 4.69) is 9.97 Å². The normalized spacial score (nSPS) is 10.5. The number of carbonyl (C=O) groups excluding carboxylic acids is 1. The van der Waals surface area contributed by atoms with Crippen LogP contribution in [0.3, 0.4) is 0 Å². The van der Waals surface area contributed by atoms with E-state index in [1.807, 2.05) is 0 Å². The highest BCUT2D eigenvalue weighted by molar-refractivity contribution is 6.35. The second-order valence-electron chi connectivity index (χ2n) is 3.84. The Hall–Kier alpha value is -2.21. The van der Waals surface area contributed by atoms with Gasteiger partial charge in [-0.2, -0.15) is 0 Å². The number of carboxylic acid groups (broad SMARTS) is 1. The lowest BCUT2D eigenvalue weighted by Crippen LogP contribution is -2.10. The van der Waals surface area contributed by atoms with Gasteiger partial charge in [0.05, 0.1) is 11.3 Å². The van der Waals surface area contributed by atoms with Crippen LogP contribution in [0.15, 0.2) is 18.5 Å². The van der Waals surface area contributed by atoms with Gasteiger partial charge in [-0.25, -0.2) is 14.2 Å². The van der Waals surface area contributed by atoms with E-state index in [9.17, 15) is 14.0 Å². The number of benzene rings is 1. The number of aromatic carboxylic acids is 1. The Bertz CT molecular complexity index is 682. The van der Waals surface area contributed by atoms with E-state index in [-0.39, 0.29) is 27.5 Å². The Morgan fingerprint density at radius 2 is 2.11 bits per heavy atom. The highest BCUT2D eigenvalue weighted by Crippen LogP contribution is 2.23. The highest BCUT2D eigenvalue weighted by Gasteiger charge is 2.23. The highest BCUT2D eigenvalue weighted by atomic mass is 35.5. The van der Waals surface area contributed by atoms with Crippen molar-refractivity contribution >= 4 is 23.4 Å². The molecule has 19 heavy (non-hydrogen) atoms. The molecule has 0 saturated heterocycles. The summed E-state index contributed by atoms with van der Waals surface area (Å²) in [5.74, 6) is -2.52. The first kappa shape index (κ1) is 13.2. The summed E-state index contributed by atoms with van der Waals surface area (Å²) in [7, 11) is 0. The minimum Gasteiger partial charge on any atom is -0.477 e. The molecule has 2 aromatic rings. The molecule has 98 valence electrons. The number of aromatic nitrogens is 2. The van der Waals surface area contributed by atoms with Crippen LogP contribution in [0.2, 0.25) is 5.02 Å². The van der Waals surface area contributed by atoms with Crippen LogP contribution in [-0.2, 0) is 0 Å². The molecule has 1 aromatic carbocycles. The molecular weight excluding hydrogens is 275 g/mol. The number of nitrogens with one attached hydrogen (secondary N) is 1. The van der Waals surface area contributed by atoms with Crippen molar-refractivity contribution in [3.8, 4) is 0 Å². The van der Waals surface area contributed by atoms with Gasteiger partial charge in [0, 0.05) is 5.56 Å². The number of ketones is 1. The van der Waals surface area contributed by atoms with Crippen molar-refractivity contribution in [2.75, 3.05) is 0 Å². The maximum absolute atomic E-state index is 13.3. The number of carbonyl (C=O) groups is 2. The summed E-state index contributed by atoms with van der Waals surface area (Å²) in [5, 5.41) is 8.81. The second-order valence-corrected chi connectivity index (χ2v) is 4.25. The van der Waals surface area contributed by atoms with Crippen LogP contribution < -0.4 is 0 Å². The van der Waals surface area contributed by atoms with Crippen molar-refractivity contribution in [2.45, 2.75) is 6.92 Å². The molecule has 2 rings (SSSR count). The third-order valence-electron chi connectivity index (χ3n) is 2.56. The first-order chi connectivity index (χ1) is 8.91. The largest absolute Gasteiger partial charge is 0.477 e. The smallest absolute Gasteiger partial charge is 0.354 e. The minimum atomic E-state index is -1.31. The van der Waals surface area contributed by atoms with E-state index in [0.29, 0.717) is 0 Å². The number of hydrogen-bond acceptors (Lipinski definition) is 3. The maximum Gasteiger partial charge on any atom is 0.354 e. The number of nitrogens with zero attached hydrogens (tertiary/aromatic N) is 1. The summed E-state index contributed by atoms with van der Waals surface area (Å²) < 4.78 is 13.3. The third-order valence-corrected chi connectivity index (χ3v) is 2.87. The first-order valence-corrected chi connectivity index (χ1v) is 5.56. The number of aromatic amines is 1. The topological polar surface area (TPSA) is 83.0 Å². The van der Waals surface area contributed by atoms with E-state index in [4.69, 9.17) is 16.7 Å². The van der Waals surface area contributed by atoms with E-state index in [1.54, 1.807) is 0 Å². The Labute approximate surface area is 112 Å². The quantitative estimate of drug-likeness (QED) is 0.847. The molecule has 0 bridgehead atoms. The molecule has 2 N–H and O–H groups in total. The molecule has 0 aliphatic heterocycles. The molecule has 0 unspecified atom stereocenters. The summed E-state index contributed by atoms with van der Waals surface area (Å²) in [6.45, 7) is 1.48. The molecule has 0 amide bonds. The average Bonchev–Trinajstić information content (AvgIpc) is 2.82. The fourth-order valence-electron chi connectivity index (χ4n) is 1.59. The molecule has 0 radical (unpaired) electrons. The zero-order valence-electron chi connectivity index (χ0n) is 9.70. The van der Waals surface area contributed by atoms with Crippen LogP contribution in [-0.4, -0.2) is 26.8 Å². The predicted octanol–water partition coefficient (Wildman–Crippen LogP) is 2.44. The number of rotatable bonds is 3. The van der Waals surface area contributed by atoms with Crippen LogP contribution in [0.5, 0.6) is 0 Å². The van der Waals surface area contributed by atoms with Crippen molar-refractivity contribution < 1.29 is 19.1 Å². The van der Waals surface area contributed by atoms with E-state index in [1.165, 1.54) is 13.0 Å². The number of carboxylic acids is 1. The lowest BCUT2D eigenvalue weighted by molar-refractivity contribution is 0.0687. The van der Waals surface area contributed by atoms with Gasteiger partial charge in [0.1, 0.15) is 11.5 Å². The Morgan fingerprint density at radius 3 is 2.74 bits per heavy atom. The first-order valence-electron chi connectivity index (χ1n) is 5.19. The monoisotopic (exact) mass is 282 g/mol. The molecule has 7 heteroatoms. The van der Waals surface area contributed by atoms with Crippen molar-refractivity contribution in [1.82, 2.24) is 9.97 Å². The summed E-state index contributed by atoms with van der Waals surface area (Å²) in [5.41, 5.74) is -0.348. The molecule has 0 aliphatic rings. The van der Waals surface area contributed by atoms with Gasteiger partial charge < -0.3 is 10.1 Å². The Morgan fingerprint density at radius 1 is 1.42 bits per heavy atom. The number of aryl methyl sites for hydroxylation is 1. The summed E-state index contributed by atoms with van der Waals surface area (Å²) >= 11 is 5.80. The molecule has 1 aromatic heterocycles. The van der Waals surface area contributed by atoms with Gasteiger partial charge in [0.25, 0.3) is 0 Å². The van der Waals surface area contributed by atoms with Crippen LogP contribution in [0.25, 0.3) is 0 Å². The standard InChI is InChI=1S/C12H8ClFN2O3/c1-5-2-6(7(13)3-8(5)14)11(17)9-10(12(18)19)16-4-15-9/h2-4H,1H3,(H,15,16)(H,18,19). The van der Waals surface area contributed by atoms with Gasteiger partial charge in [0.15, 0.2) is 5.69 Å². The summed E-state index contributed by atoms with van der Waals surface area (Å²) in [6, 6.07) is 2.28. The molecule has 5 nitrogen and oxygen atoms in total. The molecule has 0 aliphatic carbocycles. The van der Waals surface area contributed by atoms with Crippen LogP contribution in [0.1, 0.15) is 32.1 Å². The molecule has 1 heterocycles. The lowest BCUT2D eigenvalue weighted by Gasteiger charge is -2.05. The third kappa shape index (κ3) is 2.34. The van der Waals surface area contributed by atoms with E-state index >= 15 is 0 Å². The van der Waals surface area contributed by atoms with Gasteiger partial charge in [-0.3, -0.25) is 4.79 Å². The number of hydrogen-bond donors (Lipinski definition) is 2. The van der Waals surface area contributed by atoms with Gasteiger partial charge in [-0.15, -0.1) is 0 Å². The average molecular weight is 283 g/mol. The van der Waals surface area contributed by atoms with Crippen LogP contribution >= 0.6 is 11.6 Å². The van der Waals surface area contributed by atoms with Crippen LogP contribution in [0, 0.1) is 12.7 Å². The van der Waals surface area contributed by atoms with Crippen molar-refractivity contribution in [2.24, 2.45) is 0 Å². The Kier molecular flexibility index (Phi) is 3.35. The Balaban J connectivity index is 2.53. The van der Waals surface area contributed by atoms with E-state index in [0.717, 1.165) is 12.4 Å². The molecule has 0 spiro atoms. The van der Waals surface area contributed by atoms with Crippen LogP contribution in [0.4, 0.5) is 4.39 Å². The molecule has 0 saturated carbocycles. The van der Waals surface area contributed by atoms with Crippen molar-refractivity contribution in [3.63, 3.8) is 0 Å². The second kappa shape index (κ2) is 4.81. The SMILES string of the molecule is Cc1cc(C(=O)c2nc[nH]c2C(=O)O)c(Cl)cc1F. The molecular formula is C12H8ClFN2O3. The fourth-order valence-corrected chi connectivity index (χ4v) is 1.82. The van der Waals surface area contributed by atoms with Gasteiger partial charge in [0.2, 0.25) is 5.78 Å². The number of imidazole rings is 1. The minimum absolute atomic E-state index is 0.00941. The van der Waals surface area contributed by atoms with Gasteiger partial charge >= 0.3 is 5.97 Å². The summed E-state index contributed by atoms with van der Waals surface area (Å²) in [6.07, 6.45) is 1.10. The van der Waals surface area contributed by atoms with Gasteiger partial charge in [-0.1, -0.05) is 11.6 Å². The van der Waals surface area contributed by atoms with Crippen molar-refractivity contribution in [3.05, 3.63) is 51.8 Å². The summed E-state index contributed by atoms with van der Waals surface area (Å²) in [4.78, 5) is 29.1. The maximum atomic E-state index is 13.3. The zero-order valence-corrected chi connectivity index (χ0v) is 10.5. The number of H-pyrrole nitrogens is 1. The van der Waals surface area contributed by atoms with Gasteiger partial charge in [-0.05, 0) is 24.6 Å². The lowest BCUT2D eigenvalue weighted by atomic mass is 10.0. The zero-order chi connectivity index (χ0) is 14.2. The van der Waals surface area contributed by atoms with Crippen molar-refractivity contribution in [1.29, 1.82) is 0 Å². The predicted molar refractivity (Wildman–Crippen MR) is 65.1 cm³/mol.